The molecule has 1 N–H and O–H groups in total. The molecule has 146 valence electrons. The van der Waals surface area contributed by atoms with Gasteiger partial charge in [0.15, 0.2) is 9.84 Å². The summed E-state index contributed by atoms with van der Waals surface area (Å²) in [6.45, 7) is 6.03. The van der Waals surface area contributed by atoms with Crippen LogP contribution in [0.5, 0.6) is 0 Å². The van der Waals surface area contributed by atoms with Crippen molar-refractivity contribution in [3.63, 3.8) is 0 Å². The van der Waals surface area contributed by atoms with E-state index in [2.05, 4.69) is 10.4 Å². The zero-order valence-electron chi connectivity index (χ0n) is 15.3. The van der Waals surface area contributed by atoms with Crippen LogP contribution in [-0.4, -0.2) is 35.6 Å². The number of nitrogens with one attached hydrogen (secondary N) is 1. The first-order valence-corrected chi connectivity index (χ1v) is 11.1. The van der Waals surface area contributed by atoms with E-state index in [1.165, 1.54) is 6.07 Å². The minimum atomic E-state index is -3.08. The van der Waals surface area contributed by atoms with Gasteiger partial charge in [0.1, 0.15) is 5.82 Å². The summed E-state index contributed by atoms with van der Waals surface area (Å²) < 4.78 is 25.4. The second-order valence-corrected chi connectivity index (χ2v) is 10.8. The Morgan fingerprint density at radius 3 is 2.48 bits per heavy atom. The summed E-state index contributed by atoms with van der Waals surface area (Å²) in [7, 11) is -3.08. The van der Waals surface area contributed by atoms with Gasteiger partial charge in [-0.3, -0.25) is 4.79 Å². The summed E-state index contributed by atoms with van der Waals surface area (Å²) in [5.41, 5.74) is 0.885. The SMILES string of the molecule is CC(C)(C)c1cc(NC(=O)c2ccc(Cl)c(Cl)c2)n(C2CCS(=O)(=O)C2)n1. The van der Waals surface area contributed by atoms with Crippen LogP contribution >= 0.6 is 23.2 Å². The van der Waals surface area contributed by atoms with Crippen molar-refractivity contribution in [2.24, 2.45) is 0 Å². The summed E-state index contributed by atoms with van der Waals surface area (Å²) in [6, 6.07) is 6.12. The number of aromatic nitrogens is 2. The number of hydrogen-bond donors (Lipinski definition) is 1. The highest BCUT2D eigenvalue weighted by atomic mass is 35.5. The molecule has 3 rings (SSSR count). The topological polar surface area (TPSA) is 81.1 Å². The largest absolute Gasteiger partial charge is 0.307 e. The molecule has 1 amide bonds. The van der Waals surface area contributed by atoms with Gasteiger partial charge in [-0.25, -0.2) is 13.1 Å². The van der Waals surface area contributed by atoms with Crippen LogP contribution in [0.25, 0.3) is 0 Å². The van der Waals surface area contributed by atoms with Crippen LogP contribution in [-0.2, 0) is 15.3 Å². The lowest BCUT2D eigenvalue weighted by molar-refractivity contribution is 0.102. The molecule has 1 saturated heterocycles. The highest BCUT2D eigenvalue weighted by Crippen LogP contribution is 2.31. The minimum Gasteiger partial charge on any atom is -0.307 e. The van der Waals surface area contributed by atoms with Crippen molar-refractivity contribution in [3.8, 4) is 0 Å². The molecule has 0 spiro atoms. The summed E-state index contributed by atoms with van der Waals surface area (Å²) >= 11 is 11.9. The molecular weight excluding hydrogens is 409 g/mol. The third kappa shape index (κ3) is 4.47. The van der Waals surface area contributed by atoms with Gasteiger partial charge in [-0.2, -0.15) is 5.10 Å². The van der Waals surface area contributed by atoms with Crippen molar-refractivity contribution in [1.29, 1.82) is 0 Å². The summed E-state index contributed by atoms with van der Waals surface area (Å²) in [4.78, 5) is 12.7. The van der Waals surface area contributed by atoms with Crippen molar-refractivity contribution < 1.29 is 13.2 Å². The smallest absolute Gasteiger partial charge is 0.256 e. The van der Waals surface area contributed by atoms with E-state index < -0.39 is 9.84 Å². The van der Waals surface area contributed by atoms with Crippen LogP contribution in [0.4, 0.5) is 5.82 Å². The van der Waals surface area contributed by atoms with Gasteiger partial charge in [-0.05, 0) is 24.6 Å². The van der Waals surface area contributed by atoms with E-state index in [0.29, 0.717) is 22.8 Å². The Morgan fingerprint density at radius 1 is 1.22 bits per heavy atom. The molecule has 1 aromatic carbocycles. The number of rotatable bonds is 3. The summed E-state index contributed by atoms with van der Waals surface area (Å²) in [5.74, 6) is 0.255. The van der Waals surface area contributed by atoms with E-state index in [1.54, 1.807) is 22.9 Å². The van der Waals surface area contributed by atoms with E-state index in [9.17, 15) is 13.2 Å². The first-order valence-electron chi connectivity index (χ1n) is 8.53. The molecule has 1 fully saturated rings. The molecule has 0 saturated carbocycles. The van der Waals surface area contributed by atoms with E-state index in [4.69, 9.17) is 23.2 Å². The molecular formula is C18H21Cl2N3O3S. The van der Waals surface area contributed by atoms with Gasteiger partial charge in [0.2, 0.25) is 0 Å². The number of halogens is 2. The number of carbonyl (C=O) groups excluding carboxylic acids is 1. The molecule has 0 radical (unpaired) electrons. The maximum Gasteiger partial charge on any atom is 0.256 e. The van der Waals surface area contributed by atoms with Gasteiger partial charge in [0.05, 0.1) is 33.3 Å². The molecule has 2 heterocycles. The standard InChI is InChI=1S/C18H21Cl2N3O3S/c1-18(2,3)15-9-16(23(22-15)12-6-7-27(25,26)10-12)21-17(24)11-4-5-13(19)14(20)8-11/h4-5,8-9,12H,6-7,10H2,1-3H3,(H,21,24). The fourth-order valence-electron chi connectivity index (χ4n) is 2.93. The van der Waals surface area contributed by atoms with Crippen molar-refractivity contribution in [2.75, 3.05) is 16.8 Å². The van der Waals surface area contributed by atoms with E-state index in [-0.39, 0.29) is 33.9 Å². The Balaban J connectivity index is 1.94. The maximum absolute atomic E-state index is 12.7. The predicted molar refractivity (Wildman–Crippen MR) is 108 cm³/mol. The number of amides is 1. The fourth-order valence-corrected chi connectivity index (χ4v) is 4.92. The average molecular weight is 430 g/mol. The Hall–Kier alpha value is -1.57. The fraction of sp³-hybridized carbons (Fsp3) is 0.444. The van der Waals surface area contributed by atoms with Gasteiger partial charge in [-0.1, -0.05) is 44.0 Å². The number of carbonyl (C=O) groups is 1. The number of anilines is 1. The van der Waals surface area contributed by atoms with Crippen molar-refractivity contribution in [1.82, 2.24) is 9.78 Å². The monoisotopic (exact) mass is 429 g/mol. The quantitative estimate of drug-likeness (QED) is 0.795. The van der Waals surface area contributed by atoms with Gasteiger partial charge in [0, 0.05) is 17.0 Å². The molecule has 1 aromatic heterocycles. The van der Waals surface area contributed by atoms with Crippen LogP contribution in [0.3, 0.4) is 0 Å². The van der Waals surface area contributed by atoms with E-state index in [0.717, 1.165) is 5.69 Å². The first-order chi connectivity index (χ1) is 12.5. The predicted octanol–water partition coefficient (Wildman–Crippen LogP) is 4.10. The van der Waals surface area contributed by atoms with Gasteiger partial charge >= 0.3 is 0 Å². The number of hydrogen-bond acceptors (Lipinski definition) is 4. The molecule has 1 unspecified atom stereocenters. The molecule has 0 bridgehead atoms. The minimum absolute atomic E-state index is 0.0217. The summed E-state index contributed by atoms with van der Waals surface area (Å²) in [5, 5.41) is 8.09. The number of nitrogens with zero attached hydrogens (tertiary/aromatic N) is 2. The lowest BCUT2D eigenvalue weighted by Gasteiger charge is -2.15. The lowest BCUT2D eigenvalue weighted by atomic mass is 9.92. The zero-order chi connectivity index (χ0) is 20.0. The Bertz CT molecular complexity index is 994. The van der Waals surface area contributed by atoms with E-state index in [1.807, 2.05) is 20.8 Å². The molecule has 2 aromatic rings. The third-order valence-corrected chi connectivity index (χ3v) is 6.97. The van der Waals surface area contributed by atoms with Crippen molar-refractivity contribution in [2.45, 2.75) is 38.6 Å². The first kappa shape index (κ1) is 20.2. The Labute approximate surface area is 168 Å². The van der Waals surface area contributed by atoms with Gasteiger partial charge in [-0.15, -0.1) is 0 Å². The van der Waals surface area contributed by atoms with Gasteiger partial charge in [0.25, 0.3) is 5.91 Å². The highest BCUT2D eigenvalue weighted by molar-refractivity contribution is 7.91. The van der Waals surface area contributed by atoms with Gasteiger partial charge < -0.3 is 5.32 Å². The molecule has 1 aliphatic rings. The molecule has 6 nitrogen and oxygen atoms in total. The molecule has 1 atom stereocenters. The second-order valence-electron chi connectivity index (χ2n) is 7.75. The molecule has 9 heteroatoms. The van der Waals surface area contributed by atoms with Crippen molar-refractivity contribution in [3.05, 3.63) is 45.6 Å². The lowest BCUT2D eigenvalue weighted by Crippen LogP contribution is -2.20. The molecule has 27 heavy (non-hydrogen) atoms. The van der Waals surface area contributed by atoms with Crippen LogP contribution in [0.2, 0.25) is 10.0 Å². The molecule has 1 aliphatic heterocycles. The van der Waals surface area contributed by atoms with Crippen LogP contribution in [0, 0.1) is 0 Å². The van der Waals surface area contributed by atoms with E-state index >= 15 is 0 Å². The summed E-state index contributed by atoms with van der Waals surface area (Å²) in [6.07, 6.45) is 0.475. The Morgan fingerprint density at radius 2 is 1.93 bits per heavy atom. The van der Waals surface area contributed by atoms with Crippen LogP contribution in [0.15, 0.2) is 24.3 Å². The van der Waals surface area contributed by atoms with Crippen LogP contribution < -0.4 is 5.32 Å². The third-order valence-electron chi connectivity index (χ3n) is 4.48. The normalized spacial score (nSPS) is 19.2. The molecule has 0 aliphatic carbocycles. The second kappa shape index (κ2) is 7.11. The number of benzene rings is 1. The van der Waals surface area contributed by atoms with Crippen molar-refractivity contribution >= 4 is 44.8 Å². The highest BCUT2D eigenvalue weighted by Gasteiger charge is 2.33. The average Bonchev–Trinajstić information content (AvgIpc) is 3.12. The number of sulfone groups is 1. The Kier molecular flexibility index (Phi) is 5.31. The maximum atomic E-state index is 12.7. The zero-order valence-corrected chi connectivity index (χ0v) is 17.6. The van der Waals surface area contributed by atoms with Crippen LogP contribution in [0.1, 0.15) is 49.3 Å².